The maximum absolute atomic E-state index is 14.2. The largest absolute Gasteiger partial charge is 0.508 e. The number of phenolic OH excluding ortho intramolecular Hbond substituents is 1. The summed E-state index contributed by atoms with van der Waals surface area (Å²) < 4.78 is 19.6. The van der Waals surface area contributed by atoms with Crippen molar-refractivity contribution < 1.29 is 33.4 Å². The Hall–Kier alpha value is -5.34. The number of aliphatic hydroxyl groups is 1. The minimum absolute atomic E-state index is 0.0123. The number of amides is 2. The van der Waals surface area contributed by atoms with Crippen LogP contribution in [0.25, 0.3) is 44.9 Å². The Balaban J connectivity index is 1.37. The molecule has 55 heavy (non-hydrogen) atoms. The van der Waals surface area contributed by atoms with E-state index in [1.54, 1.807) is 12.1 Å². The lowest BCUT2D eigenvalue weighted by molar-refractivity contribution is -0.130. The highest BCUT2D eigenvalue weighted by Crippen LogP contribution is 2.57. The molecule has 13 nitrogen and oxygen atoms in total. The topological polar surface area (TPSA) is 202 Å². The summed E-state index contributed by atoms with van der Waals surface area (Å²) in [5.74, 6) is -1.24. The van der Waals surface area contributed by atoms with Crippen molar-refractivity contribution in [3.63, 3.8) is 0 Å². The molecule has 0 radical (unpaired) electrons. The van der Waals surface area contributed by atoms with E-state index >= 15 is 0 Å². The number of phenols is 1. The van der Waals surface area contributed by atoms with E-state index in [-0.39, 0.29) is 68.9 Å². The number of oxazole rings is 2. The number of aliphatic hydroxyl groups excluding tert-OH is 1. The molecule has 7 N–H and O–H groups in total. The van der Waals surface area contributed by atoms with Crippen molar-refractivity contribution in [2.24, 2.45) is 17.6 Å². The van der Waals surface area contributed by atoms with Gasteiger partial charge < -0.3 is 45.1 Å². The number of rotatable bonds is 4. The molecule has 10 bridgehead atoms. The number of carbonyl (C=O) groups excluding carboxylic acids is 2. The van der Waals surface area contributed by atoms with Gasteiger partial charge in [0.15, 0.2) is 22.4 Å². The summed E-state index contributed by atoms with van der Waals surface area (Å²) in [5.41, 5.74) is 8.33. The monoisotopic (exact) mass is 782 g/mol. The Morgan fingerprint density at radius 3 is 2.62 bits per heavy atom. The number of nitrogens with one attached hydrogen (secondary N) is 3. The highest BCUT2D eigenvalue weighted by Gasteiger charge is 2.58. The Bertz CT molecular complexity index is 2580. The van der Waals surface area contributed by atoms with Crippen molar-refractivity contribution in [3.05, 3.63) is 93.2 Å². The molecule has 0 saturated carbocycles. The van der Waals surface area contributed by atoms with Crippen LogP contribution in [-0.2, 0) is 21.4 Å². The molecule has 282 valence electrons. The minimum Gasteiger partial charge on any atom is -0.508 e. The van der Waals surface area contributed by atoms with Gasteiger partial charge in [-0.15, -0.1) is 0 Å². The van der Waals surface area contributed by atoms with Gasteiger partial charge in [-0.2, -0.15) is 4.98 Å². The highest BCUT2D eigenvalue weighted by molar-refractivity contribution is 6.37. The highest BCUT2D eigenvalue weighted by atomic mass is 35.5. The number of carbonyl (C=O) groups is 2. The Kier molecular flexibility index (Phi) is 8.10. The van der Waals surface area contributed by atoms with Crippen LogP contribution in [0.1, 0.15) is 62.1 Å². The van der Waals surface area contributed by atoms with Crippen LogP contribution in [0.3, 0.4) is 0 Å². The maximum Gasteiger partial charge on any atom is 0.250 e. The van der Waals surface area contributed by atoms with E-state index in [0.29, 0.717) is 33.3 Å². The van der Waals surface area contributed by atoms with E-state index in [0.717, 1.165) is 11.1 Å². The van der Waals surface area contributed by atoms with Crippen molar-refractivity contribution in [1.82, 2.24) is 25.6 Å². The number of nitrogens with two attached hydrogens (primary N) is 1. The lowest BCUT2D eigenvalue weighted by Gasteiger charge is -2.32. The number of hydrogen-bond donors (Lipinski definition) is 6. The van der Waals surface area contributed by atoms with Crippen LogP contribution in [0.4, 0.5) is 0 Å². The average Bonchev–Trinajstić information content (AvgIpc) is 3.90. The molecule has 5 atom stereocenters. The first kappa shape index (κ1) is 35.4. The van der Waals surface area contributed by atoms with Crippen molar-refractivity contribution in [2.45, 2.75) is 63.9 Å². The number of halogens is 2. The summed E-state index contributed by atoms with van der Waals surface area (Å²) in [5, 5.41) is 31.0. The molecule has 1 spiro atoms. The second-order valence-electron chi connectivity index (χ2n) is 15.0. The summed E-state index contributed by atoms with van der Waals surface area (Å²) in [6.45, 7) is 7.39. The molecule has 10 rings (SSSR count). The maximum atomic E-state index is 14.2. The van der Waals surface area contributed by atoms with Crippen LogP contribution in [0.15, 0.2) is 63.4 Å². The molecule has 3 aromatic heterocycles. The summed E-state index contributed by atoms with van der Waals surface area (Å²) in [4.78, 5) is 40.3. The van der Waals surface area contributed by atoms with Gasteiger partial charge in [-0.3, -0.25) is 9.59 Å². The number of aromatic amines is 1. The van der Waals surface area contributed by atoms with E-state index < -0.39 is 41.6 Å². The van der Waals surface area contributed by atoms with E-state index in [1.807, 2.05) is 64.1 Å². The number of aromatic nitrogens is 3. The van der Waals surface area contributed by atoms with Gasteiger partial charge in [-0.05, 0) is 46.7 Å². The van der Waals surface area contributed by atoms with Crippen molar-refractivity contribution in [2.75, 3.05) is 0 Å². The molecule has 4 aliphatic rings. The third-order valence-corrected chi connectivity index (χ3v) is 11.5. The van der Waals surface area contributed by atoms with Crippen LogP contribution in [-0.4, -0.2) is 55.4 Å². The third kappa shape index (κ3) is 5.21. The molecule has 2 unspecified atom stereocenters. The van der Waals surface area contributed by atoms with Gasteiger partial charge in [0, 0.05) is 28.5 Å². The average molecular weight is 784 g/mol. The zero-order chi connectivity index (χ0) is 38.7. The minimum atomic E-state index is -1.78. The lowest BCUT2D eigenvalue weighted by Crippen LogP contribution is -2.54. The molecule has 7 heterocycles. The second kappa shape index (κ2) is 12.6. The standard InChI is InChI=1S/C40H36Cl2N6O7/c1-15(2)28(43)36(51)45-23-13-17-8-11-24(49)21(12-17)40-20-10-9-18(14-25(20)53-39(40)52)19-6-5-7-22-26(19)27(33(41)44-22)31-34(42)48-38(54-31)30-32(40)55-37(47-30)29(16(3)4)46-35(23)50/h5-12,14-16,23,28-29,39,44,49,52H,13,43H2,1-4H3,(H,45,51)(H,46,50)/t23-,28-,29-,39?,40?/m0/s1. The molecule has 3 aromatic carbocycles. The zero-order valence-electron chi connectivity index (χ0n) is 30.0. The molecule has 6 aromatic rings. The molecular weight excluding hydrogens is 747 g/mol. The quantitative estimate of drug-likeness (QED) is 0.117. The normalized spacial score (nSPS) is 21.6. The molecule has 0 saturated heterocycles. The lowest BCUT2D eigenvalue weighted by atomic mass is 9.71. The van der Waals surface area contributed by atoms with E-state index in [2.05, 4.69) is 20.6 Å². The van der Waals surface area contributed by atoms with Crippen LogP contribution in [0.2, 0.25) is 10.3 Å². The van der Waals surface area contributed by atoms with Gasteiger partial charge in [0.1, 0.15) is 34.2 Å². The smallest absolute Gasteiger partial charge is 0.250 e. The first-order valence-corrected chi connectivity index (χ1v) is 18.7. The van der Waals surface area contributed by atoms with E-state index in [4.69, 9.17) is 47.5 Å². The summed E-state index contributed by atoms with van der Waals surface area (Å²) in [6, 6.07) is 13.2. The number of H-pyrrole nitrogens is 1. The fourth-order valence-corrected chi connectivity index (χ4v) is 8.50. The first-order valence-electron chi connectivity index (χ1n) is 17.9. The molecule has 4 aliphatic heterocycles. The fraction of sp³-hybridized carbons (Fsp3) is 0.300. The first-order chi connectivity index (χ1) is 26.3. The molecule has 2 amide bonds. The number of ether oxygens (including phenoxy) is 1. The van der Waals surface area contributed by atoms with E-state index in [1.165, 1.54) is 6.07 Å². The predicted molar refractivity (Wildman–Crippen MR) is 204 cm³/mol. The van der Waals surface area contributed by atoms with Gasteiger partial charge in [0.25, 0.3) is 5.89 Å². The van der Waals surface area contributed by atoms with Gasteiger partial charge in [-0.1, -0.05) is 87.3 Å². The Morgan fingerprint density at radius 2 is 1.85 bits per heavy atom. The SMILES string of the molecule is CC(C)[C@H](N)C(=O)N[C@H]1Cc2ccc(O)c(c2)C23c4ccc(cc4OC2O)-c2cccc4[nH]c(Cl)c(c24)-c2oc(nc2Cl)-c2nc(oc23)[C@H](C(C)C)NC1=O. The predicted octanol–water partition coefficient (Wildman–Crippen LogP) is 6.35. The number of nitrogens with zero attached hydrogens (tertiary/aromatic N) is 2. The van der Waals surface area contributed by atoms with Crippen LogP contribution in [0.5, 0.6) is 11.5 Å². The van der Waals surface area contributed by atoms with Gasteiger partial charge in [0.2, 0.25) is 24.0 Å². The molecule has 0 fully saturated rings. The van der Waals surface area contributed by atoms with Crippen LogP contribution < -0.4 is 21.1 Å². The molecule has 15 heteroatoms. The molecular formula is C40H36Cl2N6O7. The summed E-state index contributed by atoms with van der Waals surface area (Å²) in [7, 11) is 0. The Morgan fingerprint density at radius 1 is 1.05 bits per heavy atom. The van der Waals surface area contributed by atoms with E-state index in [9.17, 15) is 19.8 Å². The third-order valence-electron chi connectivity index (χ3n) is 10.9. The molecule has 0 aliphatic carbocycles. The van der Waals surface area contributed by atoms with Crippen molar-refractivity contribution in [1.29, 1.82) is 0 Å². The van der Waals surface area contributed by atoms with Crippen LogP contribution in [0, 0.1) is 11.8 Å². The van der Waals surface area contributed by atoms with Gasteiger partial charge in [-0.25, -0.2) is 4.98 Å². The summed E-state index contributed by atoms with van der Waals surface area (Å²) >= 11 is 13.8. The number of benzene rings is 3. The van der Waals surface area contributed by atoms with Gasteiger partial charge >= 0.3 is 0 Å². The number of fused-ring (bicyclic) bond motifs is 4. The van der Waals surface area contributed by atoms with Crippen molar-refractivity contribution in [3.8, 4) is 45.5 Å². The van der Waals surface area contributed by atoms with Crippen molar-refractivity contribution >= 4 is 45.9 Å². The number of aromatic hydroxyl groups is 1. The van der Waals surface area contributed by atoms with Gasteiger partial charge in [0.05, 0.1) is 11.6 Å². The number of hydrogen-bond acceptors (Lipinski definition) is 10. The summed E-state index contributed by atoms with van der Waals surface area (Å²) in [6.07, 6.45) is -1.67. The zero-order valence-corrected chi connectivity index (χ0v) is 31.5. The van der Waals surface area contributed by atoms with Crippen LogP contribution >= 0.6 is 23.2 Å². The fourth-order valence-electron chi connectivity index (χ4n) is 8.01. The second-order valence-corrected chi connectivity index (χ2v) is 15.8. The Labute approximate surface area is 324 Å².